The summed E-state index contributed by atoms with van der Waals surface area (Å²) in [5.41, 5.74) is -0.690. The zero-order valence-electron chi connectivity index (χ0n) is 15.0. The van der Waals surface area contributed by atoms with Gasteiger partial charge in [-0.1, -0.05) is 0 Å². The van der Waals surface area contributed by atoms with Crippen molar-refractivity contribution >= 4 is 11.8 Å². The molecular weight excluding hydrogens is 348 g/mol. The molecule has 1 fully saturated rings. The highest BCUT2D eigenvalue weighted by Crippen LogP contribution is 2.24. The first-order valence-electron chi connectivity index (χ1n) is 8.34. The van der Waals surface area contributed by atoms with Crippen LogP contribution in [0.4, 0.5) is 19.3 Å². The Kier molecular flexibility index (Phi) is 6.12. The number of carbonyl (C=O) groups is 1. The van der Waals surface area contributed by atoms with Crippen LogP contribution in [0.2, 0.25) is 0 Å². The van der Waals surface area contributed by atoms with Crippen LogP contribution in [-0.4, -0.2) is 46.8 Å². The van der Waals surface area contributed by atoms with E-state index in [2.05, 4.69) is 5.32 Å². The number of hydrogen-bond donors (Lipinski definition) is 1. The summed E-state index contributed by atoms with van der Waals surface area (Å²) in [7, 11) is 0. The predicted molar refractivity (Wildman–Crippen MR) is 91.0 cm³/mol. The van der Waals surface area contributed by atoms with Gasteiger partial charge in [-0.25, -0.2) is 13.6 Å². The number of rotatable bonds is 5. The van der Waals surface area contributed by atoms with Gasteiger partial charge in [0.2, 0.25) is 0 Å². The molecule has 1 aromatic rings. The molecule has 1 heterocycles. The Balaban J connectivity index is 1.98. The first kappa shape index (κ1) is 20.0. The lowest BCUT2D eigenvalue weighted by Gasteiger charge is -2.28. The second-order valence-corrected chi connectivity index (χ2v) is 7.28. The Bertz CT molecular complexity index is 678. The van der Waals surface area contributed by atoms with E-state index < -0.39 is 34.6 Å². The van der Waals surface area contributed by atoms with Crippen LogP contribution in [0.5, 0.6) is 0 Å². The minimum absolute atomic E-state index is 0.0437. The first-order valence-corrected chi connectivity index (χ1v) is 8.34. The lowest BCUT2D eigenvalue weighted by molar-refractivity contribution is -0.385. The molecule has 26 heavy (non-hydrogen) atoms. The van der Waals surface area contributed by atoms with E-state index in [1.165, 1.54) is 11.0 Å². The van der Waals surface area contributed by atoms with E-state index in [1.54, 1.807) is 20.8 Å². The summed E-state index contributed by atoms with van der Waals surface area (Å²) < 4.78 is 32.2. The van der Waals surface area contributed by atoms with E-state index in [-0.39, 0.29) is 31.7 Å². The van der Waals surface area contributed by atoms with E-state index in [0.29, 0.717) is 5.56 Å². The molecule has 0 spiro atoms. The number of nitro groups is 1. The first-order chi connectivity index (χ1) is 12.1. The number of ether oxygens (including phenoxy) is 1. The van der Waals surface area contributed by atoms with Crippen molar-refractivity contribution in [3.8, 4) is 0 Å². The summed E-state index contributed by atoms with van der Waals surface area (Å²) in [5.74, 6) is -0.687. The van der Waals surface area contributed by atoms with Crippen molar-refractivity contribution in [1.82, 2.24) is 10.2 Å². The van der Waals surface area contributed by atoms with E-state index >= 15 is 0 Å². The normalized spacial score (nSPS) is 20.3. The van der Waals surface area contributed by atoms with Gasteiger partial charge in [0.15, 0.2) is 0 Å². The van der Waals surface area contributed by atoms with Gasteiger partial charge >= 0.3 is 6.09 Å². The van der Waals surface area contributed by atoms with Gasteiger partial charge in [-0.15, -0.1) is 0 Å². The number of nitrogens with one attached hydrogen (secondary N) is 1. The van der Waals surface area contributed by atoms with Gasteiger partial charge in [0.25, 0.3) is 5.69 Å². The number of hydrogen-bond acceptors (Lipinski definition) is 5. The molecule has 0 saturated carbocycles. The van der Waals surface area contributed by atoms with Crippen molar-refractivity contribution in [2.75, 3.05) is 13.1 Å². The molecule has 144 valence electrons. The molecule has 0 bridgehead atoms. The molecular formula is C17H23F2N3O4. The molecule has 7 nitrogen and oxygen atoms in total. The van der Waals surface area contributed by atoms with Crippen molar-refractivity contribution < 1.29 is 23.2 Å². The predicted octanol–water partition coefficient (Wildman–Crippen LogP) is 3.17. The zero-order valence-corrected chi connectivity index (χ0v) is 15.0. The van der Waals surface area contributed by atoms with Gasteiger partial charge in [0, 0.05) is 25.1 Å². The second kappa shape index (κ2) is 7.94. The summed E-state index contributed by atoms with van der Waals surface area (Å²) in [6, 6.07) is 2.92. The molecule has 0 unspecified atom stereocenters. The molecule has 1 aromatic carbocycles. The van der Waals surface area contributed by atoms with E-state index in [1.807, 2.05) is 0 Å². The SMILES string of the molecule is CC(C)(C)OC(=O)N1C[C@@H](F)C[C@H]1CNCc1ccc(F)cc1[N+](=O)[O-]. The van der Waals surface area contributed by atoms with Crippen molar-refractivity contribution in [1.29, 1.82) is 0 Å². The average molecular weight is 371 g/mol. The Labute approximate surface area is 150 Å². The maximum Gasteiger partial charge on any atom is 0.410 e. The fraction of sp³-hybridized carbons (Fsp3) is 0.588. The number of alkyl halides is 1. The van der Waals surface area contributed by atoms with E-state index in [9.17, 15) is 23.7 Å². The Morgan fingerprint density at radius 3 is 2.77 bits per heavy atom. The van der Waals surface area contributed by atoms with Crippen molar-refractivity contribution in [2.45, 2.75) is 51.6 Å². The van der Waals surface area contributed by atoms with E-state index in [0.717, 1.165) is 12.1 Å². The van der Waals surface area contributed by atoms with Crippen LogP contribution in [-0.2, 0) is 11.3 Å². The molecule has 1 saturated heterocycles. The monoisotopic (exact) mass is 371 g/mol. The second-order valence-electron chi connectivity index (χ2n) is 7.28. The quantitative estimate of drug-likeness (QED) is 0.635. The number of carbonyl (C=O) groups excluding carboxylic acids is 1. The fourth-order valence-corrected chi connectivity index (χ4v) is 2.83. The zero-order chi connectivity index (χ0) is 19.5. The lowest BCUT2D eigenvalue weighted by Crippen LogP contribution is -2.44. The number of amides is 1. The lowest BCUT2D eigenvalue weighted by atomic mass is 10.1. The summed E-state index contributed by atoms with van der Waals surface area (Å²) in [6.45, 7) is 5.50. The highest BCUT2D eigenvalue weighted by atomic mass is 19.1. The smallest absolute Gasteiger partial charge is 0.410 e. The minimum atomic E-state index is -1.14. The Morgan fingerprint density at radius 1 is 1.46 bits per heavy atom. The van der Waals surface area contributed by atoms with Crippen LogP contribution in [0.1, 0.15) is 32.8 Å². The Morgan fingerprint density at radius 2 is 2.15 bits per heavy atom. The summed E-state index contributed by atoms with van der Waals surface area (Å²) >= 11 is 0. The minimum Gasteiger partial charge on any atom is -0.444 e. The van der Waals surface area contributed by atoms with Gasteiger partial charge in [-0.3, -0.25) is 10.1 Å². The average Bonchev–Trinajstić information content (AvgIpc) is 2.88. The van der Waals surface area contributed by atoms with Crippen LogP contribution in [0.3, 0.4) is 0 Å². The number of halogens is 2. The molecule has 0 radical (unpaired) electrons. The maximum atomic E-state index is 13.8. The molecule has 1 N–H and O–H groups in total. The number of likely N-dealkylation sites (tertiary alicyclic amines) is 1. The molecule has 2 atom stereocenters. The van der Waals surface area contributed by atoms with Gasteiger partial charge in [0.1, 0.15) is 17.6 Å². The van der Waals surface area contributed by atoms with Gasteiger partial charge < -0.3 is 15.0 Å². The molecule has 0 aromatic heterocycles. The van der Waals surface area contributed by atoms with E-state index in [4.69, 9.17) is 4.74 Å². The third-order valence-electron chi connectivity index (χ3n) is 3.93. The topological polar surface area (TPSA) is 84.7 Å². The van der Waals surface area contributed by atoms with Gasteiger partial charge in [0.05, 0.1) is 23.6 Å². The molecule has 9 heteroatoms. The van der Waals surface area contributed by atoms with Crippen molar-refractivity contribution in [3.63, 3.8) is 0 Å². The Hall–Kier alpha value is -2.29. The molecule has 1 aliphatic heterocycles. The summed E-state index contributed by atoms with van der Waals surface area (Å²) in [4.78, 5) is 23.9. The van der Waals surface area contributed by atoms with Crippen molar-refractivity contribution in [2.24, 2.45) is 0 Å². The van der Waals surface area contributed by atoms with Gasteiger partial charge in [-0.2, -0.15) is 0 Å². The molecule has 1 aliphatic rings. The van der Waals surface area contributed by atoms with Gasteiger partial charge in [-0.05, 0) is 32.9 Å². The van der Waals surface area contributed by atoms with Crippen LogP contribution in [0.15, 0.2) is 18.2 Å². The molecule has 0 aliphatic carbocycles. The number of nitro benzene ring substituents is 1. The summed E-state index contributed by atoms with van der Waals surface area (Å²) in [6.07, 6.45) is -1.57. The van der Waals surface area contributed by atoms with Crippen LogP contribution >= 0.6 is 0 Å². The van der Waals surface area contributed by atoms with Crippen LogP contribution in [0.25, 0.3) is 0 Å². The maximum absolute atomic E-state index is 13.8. The third kappa shape index (κ3) is 5.35. The number of benzene rings is 1. The molecule has 2 rings (SSSR count). The third-order valence-corrected chi connectivity index (χ3v) is 3.93. The standard InChI is InChI=1S/C17H23F2N3O4/c1-17(2,3)26-16(23)21-10-13(19)6-14(21)9-20-8-11-4-5-12(18)7-15(11)22(24)25/h4-5,7,13-14,20H,6,8-10H2,1-3H3/t13-,14-/m0/s1. The largest absolute Gasteiger partial charge is 0.444 e. The fourth-order valence-electron chi connectivity index (χ4n) is 2.83. The van der Waals surface area contributed by atoms with Crippen molar-refractivity contribution in [3.05, 3.63) is 39.7 Å². The number of nitrogens with zero attached hydrogens (tertiary/aromatic N) is 2. The molecule has 1 amide bonds. The highest BCUT2D eigenvalue weighted by molar-refractivity contribution is 5.69. The summed E-state index contributed by atoms with van der Waals surface area (Å²) in [5, 5.41) is 14.0. The highest BCUT2D eigenvalue weighted by Gasteiger charge is 2.37. The van der Waals surface area contributed by atoms with Crippen LogP contribution < -0.4 is 5.32 Å². The van der Waals surface area contributed by atoms with Crippen LogP contribution in [0, 0.1) is 15.9 Å².